The topological polar surface area (TPSA) is 123 Å². The number of phosphoric ester groups is 1. The highest BCUT2D eigenvalue weighted by molar-refractivity contribution is 7.46. The van der Waals surface area contributed by atoms with Gasteiger partial charge in [0.1, 0.15) is 0 Å². The molecule has 0 aliphatic carbocycles. The molecular formula is C16H13O8P. The molecule has 0 bridgehead atoms. The molecule has 2 N–H and O–H groups in total. The van der Waals surface area contributed by atoms with Crippen molar-refractivity contribution in [3.63, 3.8) is 0 Å². The minimum absolute atomic E-state index is 0.0115. The van der Waals surface area contributed by atoms with Gasteiger partial charge in [0.15, 0.2) is 28.6 Å². The number of hydrogen-bond acceptors (Lipinski definition) is 6. The molecule has 0 fully saturated rings. The van der Waals surface area contributed by atoms with Crippen LogP contribution in [0.1, 0.15) is 24.4 Å². The highest BCUT2D eigenvalue weighted by atomic mass is 31.2. The Labute approximate surface area is 141 Å². The first-order chi connectivity index (χ1) is 11.7. The van der Waals surface area contributed by atoms with E-state index in [0.717, 1.165) is 0 Å². The number of furan rings is 1. The predicted octanol–water partition coefficient (Wildman–Crippen LogP) is 3.19. The van der Waals surface area contributed by atoms with Crippen molar-refractivity contribution in [2.75, 3.05) is 0 Å². The number of carbonyl (C=O) groups is 2. The molecule has 1 heterocycles. The number of rotatable bonds is 4. The van der Waals surface area contributed by atoms with Crippen LogP contribution in [-0.2, 0) is 9.36 Å². The molecule has 8 nitrogen and oxygen atoms in total. The van der Waals surface area contributed by atoms with Crippen LogP contribution < -0.4 is 9.26 Å². The summed E-state index contributed by atoms with van der Waals surface area (Å²) < 4.78 is 26.9. The van der Waals surface area contributed by atoms with E-state index >= 15 is 0 Å². The van der Waals surface area contributed by atoms with E-state index in [1.54, 1.807) is 24.3 Å². The summed E-state index contributed by atoms with van der Waals surface area (Å²) in [5.41, 5.74) is -0.0115. The minimum Gasteiger partial charge on any atom is -0.449 e. The average Bonchev–Trinajstić information content (AvgIpc) is 2.94. The molecule has 9 heteroatoms. The van der Waals surface area contributed by atoms with Gasteiger partial charge in [-0.25, -0.2) is 4.57 Å². The van der Waals surface area contributed by atoms with Gasteiger partial charge < -0.3 is 13.7 Å². The molecule has 0 saturated heterocycles. The van der Waals surface area contributed by atoms with Gasteiger partial charge in [-0.05, 0) is 6.07 Å². The Balaban J connectivity index is 2.48. The maximum atomic E-state index is 11.6. The van der Waals surface area contributed by atoms with Crippen LogP contribution in [0.25, 0.3) is 21.7 Å². The molecule has 0 aliphatic heterocycles. The Morgan fingerprint density at radius 3 is 2.16 bits per heavy atom. The van der Waals surface area contributed by atoms with Crippen LogP contribution in [0.3, 0.4) is 0 Å². The lowest BCUT2D eigenvalue weighted by atomic mass is 10.1. The van der Waals surface area contributed by atoms with Crippen molar-refractivity contribution >= 4 is 41.3 Å². The maximum absolute atomic E-state index is 11.6. The van der Waals surface area contributed by atoms with Crippen LogP contribution in [0.15, 0.2) is 34.7 Å². The molecule has 0 amide bonds. The van der Waals surface area contributed by atoms with E-state index < -0.39 is 19.6 Å². The number of benzene rings is 2. The quantitative estimate of drug-likeness (QED) is 0.313. The average molecular weight is 364 g/mol. The van der Waals surface area contributed by atoms with E-state index in [1.807, 2.05) is 0 Å². The number of phosphoric acid groups is 1. The number of hydrogen-bond donors (Lipinski definition) is 2. The molecule has 3 rings (SSSR count). The first kappa shape index (κ1) is 17.2. The Kier molecular flexibility index (Phi) is 4.12. The number of ketones is 1. The van der Waals surface area contributed by atoms with Crippen LogP contribution >= 0.6 is 7.82 Å². The van der Waals surface area contributed by atoms with Gasteiger partial charge in [-0.2, -0.15) is 0 Å². The zero-order valence-electron chi connectivity index (χ0n) is 13.2. The fraction of sp³-hybridized carbons (Fsp3) is 0.125. The molecular weight excluding hydrogens is 351 g/mol. The fourth-order valence-corrected chi connectivity index (χ4v) is 2.95. The maximum Gasteiger partial charge on any atom is 0.524 e. The summed E-state index contributed by atoms with van der Waals surface area (Å²) >= 11 is 0. The van der Waals surface area contributed by atoms with Gasteiger partial charge in [0.2, 0.25) is 0 Å². The SMILES string of the molecule is CC(=O)Oc1c2ccccc2c(OP(=O)(O)O)c2cc(C(C)=O)oc12. The molecule has 1 aromatic heterocycles. The first-order valence-corrected chi connectivity index (χ1v) is 8.63. The van der Waals surface area contributed by atoms with Crippen molar-refractivity contribution in [2.45, 2.75) is 13.8 Å². The van der Waals surface area contributed by atoms with Gasteiger partial charge in [-0.1, -0.05) is 24.3 Å². The summed E-state index contributed by atoms with van der Waals surface area (Å²) in [6.45, 7) is 2.47. The molecule has 3 aromatic rings. The summed E-state index contributed by atoms with van der Waals surface area (Å²) in [4.78, 5) is 41.6. The molecule has 0 radical (unpaired) electrons. The number of ether oxygens (including phenoxy) is 1. The standard InChI is InChI=1S/C16H13O8P/c1-8(17)13-7-12-14(24-25(19,20)21)10-5-3-4-6-11(10)15(16(12)23-13)22-9(2)18/h3-7H,1-2H3,(H2,19,20,21). The van der Waals surface area contributed by atoms with Gasteiger partial charge in [0, 0.05) is 24.6 Å². The highest BCUT2D eigenvalue weighted by Gasteiger charge is 2.26. The van der Waals surface area contributed by atoms with E-state index in [1.165, 1.54) is 19.9 Å². The summed E-state index contributed by atoms with van der Waals surface area (Å²) in [6, 6.07) is 7.70. The summed E-state index contributed by atoms with van der Waals surface area (Å²) in [5, 5.41) is 0.757. The Morgan fingerprint density at radius 2 is 1.64 bits per heavy atom. The van der Waals surface area contributed by atoms with Crippen LogP contribution in [0.4, 0.5) is 0 Å². The van der Waals surface area contributed by atoms with Crippen LogP contribution in [0, 0.1) is 0 Å². The third kappa shape index (κ3) is 3.28. The summed E-state index contributed by atoms with van der Waals surface area (Å²) in [7, 11) is -4.89. The van der Waals surface area contributed by atoms with E-state index in [0.29, 0.717) is 10.8 Å². The van der Waals surface area contributed by atoms with E-state index in [9.17, 15) is 23.9 Å². The normalized spacial score (nSPS) is 11.7. The minimum atomic E-state index is -4.89. The number of fused-ring (bicyclic) bond motifs is 2. The molecule has 0 atom stereocenters. The van der Waals surface area contributed by atoms with Crippen molar-refractivity contribution in [3.8, 4) is 11.5 Å². The van der Waals surface area contributed by atoms with Gasteiger partial charge in [-0.3, -0.25) is 19.4 Å². The molecule has 0 aliphatic rings. The molecule has 0 spiro atoms. The highest BCUT2D eigenvalue weighted by Crippen LogP contribution is 2.49. The third-order valence-electron chi connectivity index (χ3n) is 3.40. The zero-order chi connectivity index (χ0) is 18.4. The molecule has 130 valence electrons. The third-order valence-corrected chi connectivity index (χ3v) is 3.82. The Bertz CT molecular complexity index is 1060. The predicted molar refractivity (Wildman–Crippen MR) is 87.7 cm³/mol. The summed E-state index contributed by atoms with van der Waals surface area (Å²) in [5.74, 6) is -1.20. The fourth-order valence-electron chi connectivity index (χ4n) is 2.51. The van der Waals surface area contributed by atoms with Gasteiger partial charge in [0.25, 0.3) is 0 Å². The molecule has 2 aromatic carbocycles. The monoisotopic (exact) mass is 364 g/mol. The second-order valence-corrected chi connectivity index (χ2v) is 6.45. The Morgan fingerprint density at radius 1 is 1.04 bits per heavy atom. The zero-order valence-corrected chi connectivity index (χ0v) is 14.1. The van der Waals surface area contributed by atoms with E-state index in [-0.39, 0.29) is 28.2 Å². The van der Waals surface area contributed by atoms with Gasteiger partial charge in [-0.15, -0.1) is 0 Å². The first-order valence-electron chi connectivity index (χ1n) is 7.10. The number of Topliss-reactive ketones (excluding diaryl/α,β-unsaturated/α-hetero) is 1. The largest absolute Gasteiger partial charge is 0.524 e. The second kappa shape index (κ2) is 6.00. The number of esters is 1. The van der Waals surface area contributed by atoms with Gasteiger partial charge >= 0.3 is 13.8 Å². The lowest BCUT2D eigenvalue weighted by Gasteiger charge is -2.13. The van der Waals surface area contributed by atoms with Crippen molar-refractivity contribution in [1.29, 1.82) is 0 Å². The van der Waals surface area contributed by atoms with Crippen LogP contribution in [0.5, 0.6) is 11.5 Å². The van der Waals surface area contributed by atoms with Crippen molar-refractivity contribution in [1.82, 2.24) is 0 Å². The molecule has 25 heavy (non-hydrogen) atoms. The smallest absolute Gasteiger partial charge is 0.449 e. The molecule has 0 saturated carbocycles. The molecule has 0 unspecified atom stereocenters. The second-order valence-electron chi connectivity index (χ2n) is 5.29. The van der Waals surface area contributed by atoms with E-state index in [4.69, 9.17) is 13.7 Å². The van der Waals surface area contributed by atoms with Gasteiger partial charge in [0.05, 0.1) is 5.39 Å². The van der Waals surface area contributed by atoms with Crippen molar-refractivity contribution < 1.29 is 37.6 Å². The van der Waals surface area contributed by atoms with Crippen molar-refractivity contribution in [3.05, 3.63) is 36.1 Å². The van der Waals surface area contributed by atoms with E-state index in [2.05, 4.69) is 0 Å². The summed E-state index contributed by atoms with van der Waals surface area (Å²) in [6.07, 6.45) is 0. The van der Waals surface area contributed by atoms with Crippen LogP contribution in [-0.4, -0.2) is 21.5 Å². The Hall–Kier alpha value is -2.67. The number of carbonyl (C=O) groups excluding carboxylic acids is 2. The van der Waals surface area contributed by atoms with Crippen molar-refractivity contribution in [2.24, 2.45) is 0 Å². The lowest BCUT2D eigenvalue weighted by molar-refractivity contribution is -0.131. The van der Waals surface area contributed by atoms with Crippen LogP contribution in [0.2, 0.25) is 0 Å². The lowest BCUT2D eigenvalue weighted by Crippen LogP contribution is -2.03.